The van der Waals surface area contributed by atoms with Crippen LogP contribution in [0.2, 0.25) is 0 Å². The van der Waals surface area contributed by atoms with E-state index in [1.165, 1.54) is 6.20 Å². The number of carbonyl (C=O) groups is 2. The van der Waals surface area contributed by atoms with Gasteiger partial charge >= 0.3 is 12.1 Å². The minimum atomic E-state index is -1.18. The number of pyridine rings is 2. The zero-order valence-corrected chi connectivity index (χ0v) is 23.0. The summed E-state index contributed by atoms with van der Waals surface area (Å²) in [5.41, 5.74) is 0.503. The summed E-state index contributed by atoms with van der Waals surface area (Å²) in [4.78, 5) is 32.4. The Morgan fingerprint density at radius 1 is 1.14 bits per heavy atom. The molecule has 0 bridgehead atoms. The molecule has 0 aliphatic carbocycles. The minimum Gasteiger partial charge on any atom is -0.480 e. The first-order valence-corrected chi connectivity index (χ1v) is 14.9. The maximum atomic E-state index is 12.0. The fourth-order valence-electron chi connectivity index (χ4n) is 3.31. The maximum Gasteiger partial charge on any atom is 0.408 e. The highest BCUT2D eigenvalue weighted by Gasteiger charge is 2.24. The summed E-state index contributed by atoms with van der Waals surface area (Å²) in [5.74, 6) is 0.967. The molecule has 3 aromatic rings. The lowest BCUT2D eigenvalue weighted by molar-refractivity contribution is -0.139. The molecule has 1 amide bonds. The van der Waals surface area contributed by atoms with Gasteiger partial charge in [0.15, 0.2) is 0 Å². The number of aromatic nitrogens is 3. The van der Waals surface area contributed by atoms with Gasteiger partial charge in [0.05, 0.1) is 18.2 Å². The number of nitrogens with one attached hydrogen (secondary N) is 1. The number of amides is 1. The van der Waals surface area contributed by atoms with E-state index < -0.39 is 33.7 Å². The topological polar surface area (TPSA) is 125 Å². The summed E-state index contributed by atoms with van der Waals surface area (Å²) in [6.07, 6.45) is 11.1. The van der Waals surface area contributed by atoms with Gasteiger partial charge in [-0.15, -0.1) is 0 Å². The summed E-state index contributed by atoms with van der Waals surface area (Å²) in [6.45, 7) is 6.22. The van der Waals surface area contributed by atoms with Gasteiger partial charge < -0.3 is 29.2 Å². The van der Waals surface area contributed by atoms with E-state index >= 15 is 0 Å². The third-order valence-corrected chi connectivity index (χ3v) is 6.51. The van der Waals surface area contributed by atoms with Crippen molar-refractivity contribution in [2.75, 3.05) is 31.1 Å². The highest BCUT2D eigenvalue weighted by molar-refractivity contribution is 8.32. The summed E-state index contributed by atoms with van der Waals surface area (Å²) in [6, 6.07) is 5.89. The first kappa shape index (κ1) is 28.3. The fraction of sp³-hybridized carbons (Fsp3) is 0.462. The second-order valence-electron chi connectivity index (χ2n) is 10.5. The minimum absolute atomic E-state index is 0.00604. The standard InChI is InChI=1S/C26H36N4O6S/c1-26(2,3)36-25(33)29-21(24(31)32)15-18-7-8-19(16-28-18)35-22-9-11-27-23-20(22)10-12-30(23)17-34-13-14-37(4,5)6/h7-12,16,21H,13-15,17H2,1-6H3,(H,29,33)(H,31,32)/t21-/m0/s1. The number of alkyl carbamates (subject to hydrolysis) is 1. The Morgan fingerprint density at radius 3 is 2.51 bits per heavy atom. The van der Waals surface area contributed by atoms with Crippen LogP contribution in [0.4, 0.5) is 4.79 Å². The van der Waals surface area contributed by atoms with E-state index in [4.69, 9.17) is 14.2 Å². The predicted molar refractivity (Wildman–Crippen MR) is 145 cm³/mol. The van der Waals surface area contributed by atoms with Gasteiger partial charge in [0, 0.05) is 30.3 Å². The number of fused-ring (bicyclic) bond motifs is 1. The van der Waals surface area contributed by atoms with Crippen LogP contribution in [-0.4, -0.2) is 74.5 Å². The molecule has 0 aliphatic rings. The van der Waals surface area contributed by atoms with Crippen LogP contribution in [-0.2, 0) is 27.4 Å². The number of carbonyl (C=O) groups excluding carboxylic acids is 1. The van der Waals surface area contributed by atoms with Crippen LogP contribution in [0.5, 0.6) is 11.5 Å². The van der Waals surface area contributed by atoms with E-state index in [9.17, 15) is 14.7 Å². The van der Waals surface area contributed by atoms with E-state index in [0.717, 1.165) is 16.8 Å². The zero-order chi connectivity index (χ0) is 27.2. The van der Waals surface area contributed by atoms with Crippen molar-refractivity contribution >= 4 is 33.1 Å². The number of carboxylic acid groups (broad SMARTS) is 1. The number of nitrogens with zero attached hydrogens (tertiary/aromatic N) is 3. The lowest BCUT2D eigenvalue weighted by atomic mass is 10.1. The van der Waals surface area contributed by atoms with E-state index in [2.05, 4.69) is 34.1 Å². The lowest BCUT2D eigenvalue weighted by Crippen LogP contribution is -2.44. The normalized spacial score (nSPS) is 13.2. The van der Waals surface area contributed by atoms with Crippen LogP contribution in [0.25, 0.3) is 11.0 Å². The van der Waals surface area contributed by atoms with Crippen LogP contribution in [0.1, 0.15) is 26.5 Å². The molecule has 0 saturated heterocycles. The van der Waals surface area contributed by atoms with Crippen molar-refractivity contribution < 1.29 is 28.9 Å². The molecule has 37 heavy (non-hydrogen) atoms. The summed E-state index contributed by atoms with van der Waals surface area (Å²) in [7, 11) is -0.604. The van der Waals surface area contributed by atoms with Crippen molar-refractivity contribution in [2.24, 2.45) is 0 Å². The Labute approximate surface area is 218 Å². The third-order valence-electron chi connectivity index (χ3n) is 5.12. The van der Waals surface area contributed by atoms with Gasteiger partial charge in [0.2, 0.25) is 0 Å². The number of aliphatic carboxylic acids is 1. The third kappa shape index (κ3) is 8.94. The number of hydrogen-bond donors (Lipinski definition) is 2. The van der Waals surface area contributed by atoms with Crippen molar-refractivity contribution in [3.8, 4) is 11.5 Å². The van der Waals surface area contributed by atoms with Crippen LogP contribution < -0.4 is 10.1 Å². The first-order chi connectivity index (χ1) is 17.3. The molecule has 0 unspecified atom stereocenters. The monoisotopic (exact) mass is 532 g/mol. The number of rotatable bonds is 11. The van der Waals surface area contributed by atoms with E-state index in [1.807, 2.05) is 16.8 Å². The van der Waals surface area contributed by atoms with Crippen molar-refractivity contribution in [1.29, 1.82) is 0 Å². The molecule has 0 spiro atoms. The molecule has 0 aromatic carbocycles. The van der Waals surface area contributed by atoms with Gasteiger partial charge in [0.1, 0.15) is 35.5 Å². The summed E-state index contributed by atoms with van der Waals surface area (Å²) in [5, 5.41) is 12.7. The Bertz CT molecular complexity index is 1210. The molecule has 0 aliphatic heterocycles. The van der Waals surface area contributed by atoms with Crippen LogP contribution in [0.3, 0.4) is 0 Å². The highest BCUT2D eigenvalue weighted by atomic mass is 32.3. The molecule has 3 aromatic heterocycles. The van der Waals surface area contributed by atoms with Gasteiger partial charge in [-0.3, -0.25) is 4.98 Å². The molecule has 0 saturated carbocycles. The average Bonchev–Trinajstić information content (AvgIpc) is 3.19. The Kier molecular flexibility index (Phi) is 9.03. The van der Waals surface area contributed by atoms with Gasteiger partial charge in [-0.1, -0.05) is 0 Å². The van der Waals surface area contributed by atoms with Crippen molar-refractivity contribution in [3.05, 3.63) is 48.5 Å². The first-order valence-electron chi connectivity index (χ1n) is 11.8. The van der Waals surface area contributed by atoms with Gasteiger partial charge in [-0.05, 0) is 63.8 Å². The van der Waals surface area contributed by atoms with Crippen LogP contribution in [0, 0.1) is 0 Å². The molecule has 202 valence electrons. The molecule has 0 radical (unpaired) electrons. The van der Waals surface area contributed by atoms with E-state index in [0.29, 0.717) is 30.5 Å². The summed E-state index contributed by atoms with van der Waals surface area (Å²) >= 11 is 0. The maximum absolute atomic E-state index is 12.0. The van der Waals surface area contributed by atoms with E-state index in [1.54, 1.807) is 45.2 Å². The Balaban J connectivity index is 1.63. The molecule has 1 atom stereocenters. The van der Waals surface area contributed by atoms with E-state index in [-0.39, 0.29) is 6.42 Å². The molecule has 2 N–H and O–H groups in total. The fourth-order valence-corrected chi connectivity index (χ4v) is 3.93. The Morgan fingerprint density at radius 2 is 1.89 bits per heavy atom. The average molecular weight is 533 g/mol. The van der Waals surface area contributed by atoms with Crippen LogP contribution >= 0.6 is 10.0 Å². The lowest BCUT2D eigenvalue weighted by Gasteiger charge is -2.24. The second-order valence-corrected chi connectivity index (χ2v) is 15.1. The summed E-state index contributed by atoms with van der Waals surface area (Å²) < 4.78 is 19.0. The number of ether oxygens (including phenoxy) is 3. The van der Waals surface area contributed by atoms with Crippen LogP contribution in [0.15, 0.2) is 42.9 Å². The zero-order valence-electron chi connectivity index (χ0n) is 22.2. The van der Waals surface area contributed by atoms with Gasteiger partial charge in [-0.25, -0.2) is 24.6 Å². The molecule has 3 rings (SSSR count). The molecule has 0 fully saturated rings. The molecule has 3 heterocycles. The SMILES string of the molecule is CC(C)(C)OC(=O)N[C@@H](Cc1ccc(Oc2ccnc3c2ccn3COCCS(C)(C)C)cn1)C(=O)O. The number of hydrogen-bond acceptors (Lipinski definition) is 7. The predicted octanol–water partition coefficient (Wildman–Crippen LogP) is 4.41. The molecular formula is C26H36N4O6S. The highest BCUT2D eigenvalue weighted by Crippen LogP contribution is 2.34. The van der Waals surface area contributed by atoms with Crippen molar-refractivity contribution in [3.63, 3.8) is 0 Å². The van der Waals surface area contributed by atoms with Crippen molar-refractivity contribution in [2.45, 2.75) is 45.6 Å². The smallest absolute Gasteiger partial charge is 0.408 e. The Hall–Kier alpha value is -3.31. The quantitative estimate of drug-likeness (QED) is 0.348. The molecule has 11 heteroatoms. The number of carboxylic acids is 1. The van der Waals surface area contributed by atoms with Gasteiger partial charge in [-0.2, -0.15) is 0 Å². The molecule has 10 nitrogen and oxygen atoms in total. The molecular weight excluding hydrogens is 496 g/mol. The van der Waals surface area contributed by atoms with Crippen molar-refractivity contribution in [1.82, 2.24) is 19.9 Å². The second kappa shape index (κ2) is 11.8. The largest absolute Gasteiger partial charge is 0.480 e. The van der Waals surface area contributed by atoms with Gasteiger partial charge in [0.25, 0.3) is 0 Å².